The van der Waals surface area contributed by atoms with Gasteiger partial charge < -0.3 is 31.2 Å². The number of hydrogen-bond donors (Lipinski definition) is 3. The molecule has 10 nitrogen and oxygen atoms in total. The largest absolute Gasteiger partial charge is 0.428 e. The summed E-state index contributed by atoms with van der Waals surface area (Å²) >= 11 is 0. The van der Waals surface area contributed by atoms with Crippen molar-refractivity contribution in [3.05, 3.63) is 35.9 Å². The fourth-order valence-electron chi connectivity index (χ4n) is 4.66. The van der Waals surface area contributed by atoms with Gasteiger partial charge in [-0.25, -0.2) is 4.79 Å². The molecule has 2 aliphatic rings. The van der Waals surface area contributed by atoms with Crippen LogP contribution in [0.15, 0.2) is 30.3 Å². The van der Waals surface area contributed by atoms with Crippen molar-refractivity contribution in [2.45, 2.75) is 69.9 Å². The van der Waals surface area contributed by atoms with Crippen molar-refractivity contribution >= 4 is 30.3 Å². The number of carbonyl (C=O) groups is 3. The zero-order chi connectivity index (χ0) is 25.5. The highest BCUT2D eigenvalue weighted by Crippen LogP contribution is 2.33. The topological polar surface area (TPSA) is 140 Å². The van der Waals surface area contributed by atoms with Gasteiger partial charge in [-0.1, -0.05) is 36.8 Å². The first-order valence-corrected chi connectivity index (χ1v) is 12.3. The highest BCUT2D eigenvalue weighted by atomic mass is 35.5. The van der Waals surface area contributed by atoms with Crippen LogP contribution in [0.1, 0.15) is 51.5 Å². The first-order valence-electron chi connectivity index (χ1n) is 12.3. The van der Waals surface area contributed by atoms with Gasteiger partial charge in [0, 0.05) is 39.0 Å². The summed E-state index contributed by atoms with van der Waals surface area (Å²) in [7, 11) is 0. The van der Waals surface area contributed by atoms with Crippen LogP contribution in [0.5, 0.6) is 0 Å². The molecule has 1 atom stereocenters. The number of nitrogens with one attached hydrogen (secondary N) is 1. The monoisotopic (exact) mass is 525 g/mol. The van der Waals surface area contributed by atoms with Crippen LogP contribution in [0.3, 0.4) is 0 Å². The minimum Gasteiger partial charge on any atom is -0.428 e. The standard InChI is InChI=1S/C25H39N5O5.ClH/c1-24(2,27)22(32)28-20(18-34-17-19-9-5-3-6-10-19)21(31)29-15-11-25(12-16-29,35-23(26)33)30-13-7-4-8-14-30;/h3,5-6,9-10,20H,4,7-8,11-18,27H2,1-2H3,(H2,26,33)(H,28,32);1H/t20-;/m1./s1. The van der Waals surface area contributed by atoms with Crippen molar-refractivity contribution in [1.82, 2.24) is 15.1 Å². The van der Waals surface area contributed by atoms with Crippen LogP contribution in [0.4, 0.5) is 4.79 Å². The van der Waals surface area contributed by atoms with Gasteiger partial charge in [0.15, 0.2) is 5.72 Å². The molecule has 11 heteroatoms. The van der Waals surface area contributed by atoms with Crippen LogP contribution in [0, 0.1) is 0 Å². The summed E-state index contributed by atoms with van der Waals surface area (Å²) in [5.41, 5.74) is 10.4. The van der Waals surface area contributed by atoms with Gasteiger partial charge >= 0.3 is 6.09 Å². The molecule has 5 N–H and O–H groups in total. The van der Waals surface area contributed by atoms with Crippen LogP contribution in [0.2, 0.25) is 0 Å². The molecule has 0 spiro atoms. The van der Waals surface area contributed by atoms with Crippen LogP contribution in [0.25, 0.3) is 0 Å². The average Bonchev–Trinajstić information content (AvgIpc) is 2.83. The second-order valence-electron chi connectivity index (χ2n) is 9.99. The van der Waals surface area contributed by atoms with E-state index in [-0.39, 0.29) is 24.9 Å². The normalized spacial score (nSPS) is 19.0. The molecule has 1 aromatic rings. The predicted molar refractivity (Wildman–Crippen MR) is 138 cm³/mol. The summed E-state index contributed by atoms with van der Waals surface area (Å²) in [4.78, 5) is 41.6. The van der Waals surface area contributed by atoms with E-state index in [0.717, 1.165) is 37.9 Å². The van der Waals surface area contributed by atoms with Crippen molar-refractivity contribution in [3.63, 3.8) is 0 Å². The lowest BCUT2D eigenvalue weighted by Gasteiger charge is -2.48. The molecule has 0 radical (unpaired) electrons. The Kier molecular flexibility index (Phi) is 11.0. The van der Waals surface area contributed by atoms with Crippen LogP contribution in [-0.4, -0.2) is 77.8 Å². The molecular weight excluding hydrogens is 486 g/mol. The third-order valence-corrected chi connectivity index (χ3v) is 6.66. The van der Waals surface area contributed by atoms with Gasteiger partial charge in [-0.05, 0) is 32.3 Å². The summed E-state index contributed by atoms with van der Waals surface area (Å²) in [5, 5.41) is 2.76. The van der Waals surface area contributed by atoms with E-state index in [1.54, 1.807) is 18.7 Å². The molecule has 2 heterocycles. The Morgan fingerprint density at radius 1 is 1.06 bits per heavy atom. The number of likely N-dealkylation sites (tertiary alicyclic amines) is 2. The van der Waals surface area contributed by atoms with E-state index in [2.05, 4.69) is 10.2 Å². The van der Waals surface area contributed by atoms with E-state index in [1.165, 1.54) is 0 Å². The number of amides is 3. The van der Waals surface area contributed by atoms with Gasteiger partial charge in [0.05, 0.1) is 18.8 Å². The van der Waals surface area contributed by atoms with Crippen molar-refractivity contribution in [3.8, 4) is 0 Å². The summed E-state index contributed by atoms with van der Waals surface area (Å²) in [6, 6.07) is 8.73. The molecule has 0 aromatic heterocycles. The van der Waals surface area contributed by atoms with E-state index in [4.69, 9.17) is 20.9 Å². The zero-order valence-electron chi connectivity index (χ0n) is 21.2. The zero-order valence-corrected chi connectivity index (χ0v) is 22.1. The van der Waals surface area contributed by atoms with Gasteiger partial charge in [0.2, 0.25) is 11.8 Å². The minimum atomic E-state index is -1.14. The number of carbonyl (C=O) groups excluding carboxylic acids is 3. The lowest BCUT2D eigenvalue weighted by atomic mass is 9.94. The lowest BCUT2D eigenvalue weighted by molar-refractivity contribution is -0.161. The lowest BCUT2D eigenvalue weighted by Crippen LogP contribution is -2.62. The SMILES string of the molecule is CC(C)(N)C(=O)N[C@H](COCc1ccccc1)C(=O)N1CCC(OC(N)=O)(N2CCCCC2)CC1.Cl. The number of benzene rings is 1. The number of nitrogens with two attached hydrogens (primary N) is 2. The van der Waals surface area contributed by atoms with E-state index in [1.807, 2.05) is 30.3 Å². The second-order valence-corrected chi connectivity index (χ2v) is 9.99. The number of piperidine rings is 2. The Morgan fingerprint density at radius 3 is 2.22 bits per heavy atom. The van der Waals surface area contributed by atoms with Gasteiger partial charge in [0.25, 0.3) is 0 Å². The maximum atomic E-state index is 13.5. The third-order valence-electron chi connectivity index (χ3n) is 6.66. The first kappa shape index (κ1) is 29.8. The third kappa shape index (κ3) is 8.06. The maximum absolute atomic E-state index is 13.5. The predicted octanol–water partition coefficient (Wildman–Crippen LogP) is 1.75. The van der Waals surface area contributed by atoms with E-state index < -0.39 is 29.3 Å². The molecule has 3 rings (SSSR count). The number of primary amides is 1. The fourth-order valence-corrected chi connectivity index (χ4v) is 4.66. The second kappa shape index (κ2) is 13.2. The van der Waals surface area contributed by atoms with Gasteiger partial charge in [-0.3, -0.25) is 14.5 Å². The summed E-state index contributed by atoms with van der Waals surface area (Å²) < 4.78 is 11.4. The molecule has 202 valence electrons. The number of halogens is 1. The van der Waals surface area contributed by atoms with Crippen molar-refractivity contribution < 1.29 is 23.9 Å². The molecule has 0 unspecified atom stereocenters. The Morgan fingerprint density at radius 2 is 1.67 bits per heavy atom. The number of rotatable bonds is 9. The van der Waals surface area contributed by atoms with E-state index in [9.17, 15) is 14.4 Å². The number of ether oxygens (including phenoxy) is 2. The molecule has 0 aliphatic carbocycles. The molecule has 36 heavy (non-hydrogen) atoms. The quantitative estimate of drug-likeness (QED) is 0.446. The van der Waals surface area contributed by atoms with Crippen molar-refractivity contribution in [1.29, 1.82) is 0 Å². The minimum absolute atomic E-state index is 0. The van der Waals surface area contributed by atoms with Crippen LogP contribution < -0.4 is 16.8 Å². The van der Waals surface area contributed by atoms with E-state index in [0.29, 0.717) is 32.5 Å². The highest BCUT2D eigenvalue weighted by molar-refractivity contribution is 5.91. The molecule has 2 saturated heterocycles. The average molecular weight is 526 g/mol. The molecule has 2 aliphatic heterocycles. The Labute approximate surface area is 219 Å². The summed E-state index contributed by atoms with van der Waals surface area (Å²) in [6.07, 6.45) is 3.32. The molecule has 0 bridgehead atoms. The van der Waals surface area contributed by atoms with Crippen molar-refractivity contribution in [2.24, 2.45) is 11.5 Å². The van der Waals surface area contributed by atoms with Gasteiger partial charge in [0.1, 0.15) is 6.04 Å². The molecule has 3 amide bonds. The molecule has 1 aromatic carbocycles. The molecule has 2 fully saturated rings. The van der Waals surface area contributed by atoms with Crippen LogP contribution in [-0.2, 0) is 25.7 Å². The maximum Gasteiger partial charge on any atom is 0.406 e. The smallest absolute Gasteiger partial charge is 0.406 e. The summed E-state index contributed by atoms with van der Waals surface area (Å²) in [5.74, 6) is -0.683. The first-order chi connectivity index (χ1) is 16.6. The van der Waals surface area contributed by atoms with E-state index >= 15 is 0 Å². The summed E-state index contributed by atoms with van der Waals surface area (Å²) in [6.45, 7) is 5.92. The van der Waals surface area contributed by atoms with Gasteiger partial charge in [-0.15, -0.1) is 12.4 Å². The van der Waals surface area contributed by atoms with Crippen LogP contribution >= 0.6 is 12.4 Å². The molecular formula is C25H40ClN5O5. The Hall–Kier alpha value is -2.40. The Bertz CT molecular complexity index is 865. The highest BCUT2D eigenvalue weighted by Gasteiger charge is 2.45. The number of hydrogen-bond acceptors (Lipinski definition) is 7. The fraction of sp³-hybridized carbons (Fsp3) is 0.640. The van der Waals surface area contributed by atoms with Crippen molar-refractivity contribution in [2.75, 3.05) is 32.8 Å². The number of nitrogens with zero attached hydrogens (tertiary/aromatic N) is 2. The van der Waals surface area contributed by atoms with Gasteiger partial charge in [-0.2, -0.15) is 0 Å². The molecule has 0 saturated carbocycles. The Balaban J connectivity index is 0.00000456.